The van der Waals surface area contributed by atoms with E-state index >= 15 is 0 Å². The molecule has 0 saturated carbocycles. The summed E-state index contributed by atoms with van der Waals surface area (Å²) in [5, 5.41) is 5.57. The molecule has 2 aliphatic heterocycles. The van der Waals surface area contributed by atoms with Crippen LogP contribution in [0.2, 0.25) is 0 Å². The van der Waals surface area contributed by atoms with Crippen LogP contribution in [0.15, 0.2) is 24.3 Å². The van der Waals surface area contributed by atoms with Gasteiger partial charge >= 0.3 is 6.03 Å². The monoisotopic (exact) mass is 389 g/mol. The van der Waals surface area contributed by atoms with Gasteiger partial charge in [-0.1, -0.05) is 0 Å². The highest BCUT2D eigenvalue weighted by atomic mass is 16.5. The fourth-order valence-electron chi connectivity index (χ4n) is 3.56. The average molecular weight is 389 g/mol. The van der Waals surface area contributed by atoms with E-state index in [-0.39, 0.29) is 36.7 Å². The van der Waals surface area contributed by atoms with Crippen LogP contribution in [0.1, 0.15) is 26.7 Å². The van der Waals surface area contributed by atoms with Gasteiger partial charge in [0.05, 0.1) is 12.8 Å². The van der Waals surface area contributed by atoms with Crippen LogP contribution in [0.25, 0.3) is 0 Å². The van der Waals surface area contributed by atoms with E-state index in [1.807, 2.05) is 0 Å². The van der Waals surface area contributed by atoms with Crippen LogP contribution in [0.3, 0.4) is 0 Å². The van der Waals surface area contributed by atoms with Crippen LogP contribution < -0.4 is 31.1 Å². The number of methoxy groups -OCH3 is 1. The molecule has 2 heterocycles. The van der Waals surface area contributed by atoms with Gasteiger partial charge in [-0.3, -0.25) is 20.4 Å². The van der Waals surface area contributed by atoms with Crippen molar-refractivity contribution >= 4 is 23.5 Å². The lowest BCUT2D eigenvalue weighted by atomic mass is 9.96. The third kappa shape index (κ3) is 4.26. The number of hydrogen-bond donors (Lipinski definition) is 4. The Morgan fingerprint density at radius 1 is 1.14 bits per heavy atom. The molecule has 0 bridgehead atoms. The number of nitrogens with one attached hydrogen (secondary N) is 4. The fraction of sp³-hybridized carbons (Fsp3) is 0.526. The first-order chi connectivity index (χ1) is 13.4. The first-order valence-corrected chi connectivity index (χ1v) is 9.47. The number of anilines is 1. The highest BCUT2D eigenvalue weighted by Gasteiger charge is 2.39. The van der Waals surface area contributed by atoms with Crippen molar-refractivity contribution in [3.05, 3.63) is 24.3 Å². The van der Waals surface area contributed by atoms with Crippen molar-refractivity contribution in [2.75, 3.05) is 18.6 Å². The van der Waals surface area contributed by atoms with E-state index in [1.165, 1.54) is 0 Å². The number of rotatable bonds is 7. The summed E-state index contributed by atoms with van der Waals surface area (Å²) in [6.07, 6.45) is 0.429. The number of nitrogens with zero attached hydrogens (tertiary/aromatic N) is 1. The van der Waals surface area contributed by atoms with Crippen LogP contribution in [-0.2, 0) is 9.59 Å². The maximum absolute atomic E-state index is 12.6. The minimum Gasteiger partial charge on any atom is -0.497 e. The molecule has 4 amide bonds. The summed E-state index contributed by atoms with van der Waals surface area (Å²) in [4.78, 5) is 38.1. The van der Waals surface area contributed by atoms with Crippen LogP contribution in [-0.4, -0.2) is 49.6 Å². The minimum atomic E-state index is -0.701. The number of imide groups is 1. The van der Waals surface area contributed by atoms with Gasteiger partial charge in [0, 0.05) is 31.0 Å². The third-order valence-electron chi connectivity index (χ3n) is 5.37. The zero-order valence-electron chi connectivity index (χ0n) is 16.3. The topological polar surface area (TPSA) is 112 Å². The maximum Gasteiger partial charge on any atom is 0.329 e. The Hall–Kier alpha value is -2.65. The molecule has 4 N–H and O–H groups in total. The number of hydrazine groups is 1. The highest BCUT2D eigenvalue weighted by Crippen LogP contribution is 2.23. The van der Waals surface area contributed by atoms with Gasteiger partial charge in [-0.25, -0.2) is 9.69 Å². The molecule has 2 saturated heterocycles. The fourth-order valence-corrected chi connectivity index (χ4v) is 3.56. The lowest BCUT2D eigenvalue weighted by molar-refractivity contribution is -0.122. The number of hydrogen-bond acceptors (Lipinski definition) is 6. The normalized spacial score (nSPS) is 27.0. The Morgan fingerprint density at radius 2 is 1.79 bits per heavy atom. The second-order valence-corrected chi connectivity index (χ2v) is 7.25. The summed E-state index contributed by atoms with van der Waals surface area (Å²) in [6.45, 7) is 4.69. The molecule has 3 rings (SSSR count). The molecule has 3 atom stereocenters. The van der Waals surface area contributed by atoms with E-state index in [4.69, 9.17) is 4.74 Å². The van der Waals surface area contributed by atoms with Gasteiger partial charge in [0.25, 0.3) is 5.91 Å². The van der Waals surface area contributed by atoms with Gasteiger partial charge in [0.2, 0.25) is 5.91 Å². The van der Waals surface area contributed by atoms with Crippen LogP contribution >= 0.6 is 0 Å². The molecule has 1 aromatic carbocycles. The number of carbonyl (C=O) groups excluding carboxylic acids is 3. The summed E-state index contributed by atoms with van der Waals surface area (Å²) in [5.41, 5.74) is 6.77. The number of urea groups is 1. The summed E-state index contributed by atoms with van der Waals surface area (Å²) >= 11 is 0. The summed E-state index contributed by atoms with van der Waals surface area (Å²) in [5.74, 6) is 0.452. The zero-order valence-corrected chi connectivity index (χ0v) is 16.3. The summed E-state index contributed by atoms with van der Waals surface area (Å²) in [7, 11) is 1.55. The van der Waals surface area contributed by atoms with E-state index in [1.54, 1.807) is 31.4 Å². The van der Waals surface area contributed by atoms with Gasteiger partial charge in [-0.15, -0.1) is 0 Å². The SMILES string of the molecule is COc1ccc(N2C(=O)N[C@@H](CCC(=O)NCC3C(C)NNC3C)C2=O)cc1. The number of benzene rings is 1. The standard InChI is InChI=1S/C19H27N5O4/c1-11-15(12(2)23-22-11)10-20-17(25)9-8-16-18(26)24(19(27)21-16)13-4-6-14(28-3)7-5-13/h4-7,11-12,15-16,22-23H,8-10H2,1-3H3,(H,20,25)(H,21,27)/t11?,12?,15?,16-/m0/s1. The van der Waals surface area contributed by atoms with Gasteiger partial charge in [-0.2, -0.15) is 0 Å². The molecule has 1 aromatic rings. The molecule has 0 aliphatic carbocycles. The molecule has 2 aliphatic rings. The molecular formula is C19H27N5O4. The third-order valence-corrected chi connectivity index (χ3v) is 5.37. The van der Waals surface area contributed by atoms with E-state index in [2.05, 4.69) is 35.3 Å². The van der Waals surface area contributed by atoms with Crippen molar-refractivity contribution in [1.29, 1.82) is 0 Å². The van der Waals surface area contributed by atoms with Gasteiger partial charge in [-0.05, 0) is 44.5 Å². The molecule has 2 fully saturated rings. The Labute approximate surface area is 164 Å². The summed E-state index contributed by atoms with van der Waals surface area (Å²) < 4.78 is 5.09. The van der Waals surface area contributed by atoms with Crippen molar-refractivity contribution in [3.63, 3.8) is 0 Å². The quantitative estimate of drug-likeness (QED) is 0.506. The second kappa shape index (κ2) is 8.57. The largest absolute Gasteiger partial charge is 0.497 e. The van der Waals surface area contributed by atoms with Crippen LogP contribution in [0.4, 0.5) is 10.5 Å². The van der Waals surface area contributed by atoms with Crippen LogP contribution in [0.5, 0.6) is 5.75 Å². The number of ether oxygens (including phenoxy) is 1. The average Bonchev–Trinajstić information content (AvgIpc) is 3.16. The van der Waals surface area contributed by atoms with Crippen molar-refractivity contribution < 1.29 is 19.1 Å². The first-order valence-electron chi connectivity index (χ1n) is 9.47. The van der Waals surface area contributed by atoms with Crippen molar-refractivity contribution in [2.45, 2.75) is 44.8 Å². The van der Waals surface area contributed by atoms with Crippen molar-refractivity contribution in [2.24, 2.45) is 5.92 Å². The Morgan fingerprint density at radius 3 is 2.39 bits per heavy atom. The maximum atomic E-state index is 12.6. The second-order valence-electron chi connectivity index (χ2n) is 7.25. The predicted octanol–water partition coefficient (Wildman–Crippen LogP) is 0.517. The highest BCUT2D eigenvalue weighted by molar-refractivity contribution is 6.21. The van der Waals surface area contributed by atoms with Crippen molar-refractivity contribution in [3.8, 4) is 5.75 Å². The minimum absolute atomic E-state index is 0.128. The Balaban J connectivity index is 1.50. The molecule has 9 heteroatoms. The number of carbonyl (C=O) groups is 3. The van der Waals surface area contributed by atoms with Gasteiger partial charge < -0.3 is 15.4 Å². The molecule has 28 heavy (non-hydrogen) atoms. The van der Waals surface area contributed by atoms with Crippen LogP contribution in [0, 0.1) is 5.92 Å². The first kappa shape index (κ1) is 20.1. The van der Waals surface area contributed by atoms with E-state index < -0.39 is 12.1 Å². The van der Waals surface area contributed by atoms with Gasteiger partial charge in [0.15, 0.2) is 0 Å². The van der Waals surface area contributed by atoms with Crippen molar-refractivity contribution in [1.82, 2.24) is 21.5 Å². The lowest BCUT2D eigenvalue weighted by Gasteiger charge is -2.18. The predicted molar refractivity (Wildman–Crippen MR) is 104 cm³/mol. The molecule has 152 valence electrons. The summed E-state index contributed by atoms with van der Waals surface area (Å²) in [6, 6.07) is 6.03. The lowest BCUT2D eigenvalue weighted by Crippen LogP contribution is -2.38. The number of amides is 4. The molecule has 0 radical (unpaired) electrons. The zero-order chi connectivity index (χ0) is 20.3. The molecule has 0 spiro atoms. The molecule has 2 unspecified atom stereocenters. The smallest absolute Gasteiger partial charge is 0.329 e. The van der Waals surface area contributed by atoms with E-state index in [9.17, 15) is 14.4 Å². The van der Waals surface area contributed by atoms with Gasteiger partial charge in [0.1, 0.15) is 11.8 Å². The Kier molecular flexibility index (Phi) is 6.15. The molecular weight excluding hydrogens is 362 g/mol. The molecule has 9 nitrogen and oxygen atoms in total. The molecule has 0 aromatic heterocycles. The Bertz CT molecular complexity index is 728. The van der Waals surface area contributed by atoms with E-state index in [0.29, 0.717) is 23.9 Å². The van der Waals surface area contributed by atoms with E-state index in [0.717, 1.165) is 4.90 Å².